The van der Waals surface area contributed by atoms with Gasteiger partial charge in [-0.3, -0.25) is 4.98 Å². The fraction of sp³-hybridized carbons (Fsp3) is 0.421. The van der Waals surface area contributed by atoms with E-state index < -0.39 is 0 Å². The molecule has 0 aliphatic carbocycles. The number of pyridine rings is 1. The topological polar surface area (TPSA) is 48.4 Å². The number of aromatic nitrogens is 1. The Hall–Kier alpha value is -1.98. The Morgan fingerprint density at radius 2 is 2.08 bits per heavy atom. The molecule has 2 aromatic rings. The van der Waals surface area contributed by atoms with Crippen LogP contribution in [0, 0.1) is 5.82 Å². The molecule has 1 aliphatic heterocycles. The zero-order chi connectivity index (χ0) is 16.9. The van der Waals surface area contributed by atoms with Crippen LogP contribution in [0.4, 0.5) is 10.1 Å². The molecule has 0 bridgehead atoms. The van der Waals surface area contributed by atoms with Crippen LogP contribution in [0.2, 0.25) is 0 Å². The molecule has 2 heterocycles. The third kappa shape index (κ3) is 4.10. The fourth-order valence-electron chi connectivity index (χ4n) is 3.14. The number of halogens is 1. The lowest BCUT2D eigenvalue weighted by Gasteiger charge is -2.34. The van der Waals surface area contributed by atoms with E-state index in [4.69, 9.17) is 0 Å². The highest BCUT2D eigenvalue weighted by Crippen LogP contribution is 2.29. The van der Waals surface area contributed by atoms with Gasteiger partial charge in [-0.05, 0) is 55.7 Å². The van der Waals surface area contributed by atoms with Crippen molar-refractivity contribution in [1.82, 2.24) is 10.3 Å². The number of aliphatic hydroxyl groups is 1. The number of piperidine rings is 1. The van der Waals surface area contributed by atoms with E-state index >= 15 is 0 Å². The summed E-state index contributed by atoms with van der Waals surface area (Å²) >= 11 is 0. The summed E-state index contributed by atoms with van der Waals surface area (Å²) in [7, 11) is 0. The third-order valence-corrected chi connectivity index (χ3v) is 4.58. The molecule has 24 heavy (non-hydrogen) atoms. The molecule has 1 saturated heterocycles. The van der Waals surface area contributed by atoms with E-state index in [-0.39, 0.29) is 18.0 Å². The molecule has 2 N–H and O–H groups in total. The van der Waals surface area contributed by atoms with Gasteiger partial charge >= 0.3 is 0 Å². The predicted molar refractivity (Wildman–Crippen MR) is 93.3 cm³/mol. The van der Waals surface area contributed by atoms with E-state index in [1.165, 1.54) is 6.07 Å². The summed E-state index contributed by atoms with van der Waals surface area (Å²) in [6.45, 7) is 4.27. The molecule has 5 heteroatoms. The molecule has 3 rings (SSSR count). The van der Waals surface area contributed by atoms with Gasteiger partial charge in [0.15, 0.2) is 0 Å². The van der Waals surface area contributed by atoms with Crippen LogP contribution >= 0.6 is 0 Å². The molecule has 4 nitrogen and oxygen atoms in total. The first-order chi connectivity index (χ1) is 11.6. The molecule has 0 spiro atoms. The SMILES string of the molecule is CC(NCc1ccccn1)c1cc(F)ccc1N1CCC(O)CC1. The second-order valence-electron chi connectivity index (χ2n) is 6.35. The lowest BCUT2D eigenvalue weighted by atomic mass is 10.0. The Kier molecular flexibility index (Phi) is 5.43. The van der Waals surface area contributed by atoms with Crippen molar-refractivity contribution in [3.05, 3.63) is 59.7 Å². The van der Waals surface area contributed by atoms with Gasteiger partial charge in [0.2, 0.25) is 0 Å². The maximum atomic E-state index is 13.8. The van der Waals surface area contributed by atoms with Gasteiger partial charge in [0, 0.05) is 37.6 Å². The molecule has 1 aliphatic rings. The minimum Gasteiger partial charge on any atom is -0.393 e. The summed E-state index contributed by atoms with van der Waals surface area (Å²) in [5.41, 5.74) is 2.95. The van der Waals surface area contributed by atoms with Crippen LogP contribution in [0.5, 0.6) is 0 Å². The minimum absolute atomic E-state index is 0.00422. The first kappa shape index (κ1) is 16.9. The number of nitrogens with one attached hydrogen (secondary N) is 1. The van der Waals surface area contributed by atoms with Crippen LogP contribution in [-0.2, 0) is 6.54 Å². The summed E-state index contributed by atoms with van der Waals surface area (Å²) in [6.07, 6.45) is 3.07. The number of aliphatic hydroxyl groups excluding tert-OH is 1. The Morgan fingerprint density at radius 3 is 2.79 bits per heavy atom. The monoisotopic (exact) mass is 329 g/mol. The smallest absolute Gasteiger partial charge is 0.123 e. The van der Waals surface area contributed by atoms with Crippen molar-refractivity contribution in [2.24, 2.45) is 0 Å². The van der Waals surface area contributed by atoms with Gasteiger partial charge < -0.3 is 15.3 Å². The van der Waals surface area contributed by atoms with Crippen LogP contribution in [0.1, 0.15) is 37.1 Å². The van der Waals surface area contributed by atoms with Crippen LogP contribution in [0.25, 0.3) is 0 Å². The minimum atomic E-state index is -0.225. The van der Waals surface area contributed by atoms with E-state index in [1.807, 2.05) is 31.2 Å². The lowest BCUT2D eigenvalue weighted by molar-refractivity contribution is 0.145. The maximum absolute atomic E-state index is 13.8. The molecule has 1 aromatic carbocycles. The molecule has 1 atom stereocenters. The van der Waals surface area contributed by atoms with Gasteiger partial charge in [-0.15, -0.1) is 0 Å². The zero-order valence-corrected chi connectivity index (χ0v) is 14.0. The Labute approximate surface area is 142 Å². The molecule has 0 saturated carbocycles. The predicted octanol–water partition coefficient (Wildman–Crippen LogP) is 3.03. The first-order valence-corrected chi connectivity index (χ1v) is 8.49. The lowest BCUT2D eigenvalue weighted by Crippen LogP contribution is -2.37. The number of hydrogen-bond acceptors (Lipinski definition) is 4. The molecule has 1 unspecified atom stereocenters. The van der Waals surface area contributed by atoms with Crippen LogP contribution in [0.3, 0.4) is 0 Å². The van der Waals surface area contributed by atoms with Crippen molar-refractivity contribution in [3.8, 4) is 0 Å². The average molecular weight is 329 g/mol. The molecule has 0 amide bonds. The van der Waals surface area contributed by atoms with E-state index in [9.17, 15) is 9.50 Å². The molecular formula is C19H24FN3O. The highest BCUT2D eigenvalue weighted by molar-refractivity contribution is 5.55. The largest absolute Gasteiger partial charge is 0.393 e. The van der Waals surface area contributed by atoms with Crippen molar-refractivity contribution >= 4 is 5.69 Å². The summed E-state index contributed by atoms with van der Waals surface area (Å²) in [6, 6.07) is 10.8. The number of hydrogen-bond donors (Lipinski definition) is 2. The van der Waals surface area contributed by atoms with Crippen LogP contribution in [-0.4, -0.2) is 29.3 Å². The maximum Gasteiger partial charge on any atom is 0.123 e. The number of rotatable bonds is 5. The second-order valence-corrected chi connectivity index (χ2v) is 6.35. The van der Waals surface area contributed by atoms with E-state index in [2.05, 4.69) is 15.2 Å². The summed E-state index contributed by atoms with van der Waals surface area (Å²) < 4.78 is 13.8. The van der Waals surface area contributed by atoms with Crippen molar-refractivity contribution in [2.75, 3.05) is 18.0 Å². The van der Waals surface area contributed by atoms with Gasteiger partial charge in [-0.1, -0.05) is 6.07 Å². The van der Waals surface area contributed by atoms with E-state index in [0.29, 0.717) is 6.54 Å². The Bertz CT molecular complexity index is 657. The van der Waals surface area contributed by atoms with E-state index in [1.54, 1.807) is 12.3 Å². The van der Waals surface area contributed by atoms with Crippen molar-refractivity contribution in [1.29, 1.82) is 0 Å². The molecule has 0 radical (unpaired) electrons. The molecule has 1 aromatic heterocycles. The molecule has 128 valence electrons. The van der Waals surface area contributed by atoms with Gasteiger partial charge in [-0.25, -0.2) is 4.39 Å². The summed E-state index contributed by atoms with van der Waals surface area (Å²) in [5, 5.41) is 13.1. The van der Waals surface area contributed by atoms with Gasteiger partial charge in [-0.2, -0.15) is 0 Å². The molecule has 1 fully saturated rings. The Morgan fingerprint density at radius 1 is 1.29 bits per heavy atom. The number of anilines is 1. The van der Waals surface area contributed by atoms with Gasteiger partial charge in [0.25, 0.3) is 0 Å². The third-order valence-electron chi connectivity index (χ3n) is 4.58. The highest BCUT2D eigenvalue weighted by Gasteiger charge is 2.21. The van der Waals surface area contributed by atoms with Gasteiger partial charge in [0.05, 0.1) is 11.8 Å². The van der Waals surface area contributed by atoms with Crippen LogP contribution < -0.4 is 10.2 Å². The van der Waals surface area contributed by atoms with Crippen LogP contribution in [0.15, 0.2) is 42.6 Å². The Balaban J connectivity index is 1.74. The standard InChI is InChI=1S/C19H24FN3O/c1-14(22-13-16-4-2-3-9-21-16)18-12-15(20)5-6-19(18)23-10-7-17(24)8-11-23/h2-6,9,12,14,17,22,24H,7-8,10-11,13H2,1H3. The normalized spacial score (nSPS) is 17.0. The second kappa shape index (κ2) is 7.73. The number of nitrogens with zero attached hydrogens (tertiary/aromatic N) is 2. The van der Waals surface area contributed by atoms with Crippen molar-refractivity contribution in [2.45, 2.75) is 38.5 Å². The number of benzene rings is 1. The average Bonchev–Trinajstić information content (AvgIpc) is 2.61. The van der Waals surface area contributed by atoms with Crippen molar-refractivity contribution in [3.63, 3.8) is 0 Å². The first-order valence-electron chi connectivity index (χ1n) is 8.49. The quantitative estimate of drug-likeness (QED) is 0.885. The zero-order valence-electron chi connectivity index (χ0n) is 14.0. The summed E-state index contributed by atoms with van der Waals surface area (Å²) in [4.78, 5) is 6.54. The highest BCUT2D eigenvalue weighted by atomic mass is 19.1. The van der Waals surface area contributed by atoms with E-state index in [0.717, 1.165) is 42.9 Å². The fourth-order valence-corrected chi connectivity index (χ4v) is 3.14. The summed E-state index contributed by atoms with van der Waals surface area (Å²) in [5.74, 6) is -0.225. The van der Waals surface area contributed by atoms with Gasteiger partial charge in [0.1, 0.15) is 5.82 Å². The molecular weight excluding hydrogens is 305 g/mol. The van der Waals surface area contributed by atoms with Crippen molar-refractivity contribution < 1.29 is 9.50 Å².